The molecule has 0 unspecified atom stereocenters. The third kappa shape index (κ3) is 3.69. The van der Waals surface area contributed by atoms with Gasteiger partial charge in [-0.3, -0.25) is 0 Å². The van der Waals surface area contributed by atoms with Crippen molar-refractivity contribution in [2.24, 2.45) is 0 Å². The molecule has 0 amide bonds. The van der Waals surface area contributed by atoms with E-state index in [2.05, 4.69) is 26.1 Å². The normalized spacial score (nSPS) is 11.6. The fourth-order valence-electron chi connectivity index (χ4n) is 1.67. The van der Waals surface area contributed by atoms with Crippen molar-refractivity contribution in [2.45, 2.75) is 32.8 Å². The molecule has 0 saturated carbocycles. The minimum absolute atomic E-state index is 0.215. The second-order valence-corrected chi connectivity index (χ2v) is 4.91. The molecule has 1 aromatic rings. The fraction of sp³-hybridized carbons (Fsp3) is 0.538. The molecule has 0 bridgehead atoms. The van der Waals surface area contributed by atoms with Gasteiger partial charge in [0.05, 0.1) is 0 Å². The Kier molecular flexibility index (Phi) is 4.63. The van der Waals surface area contributed by atoms with Gasteiger partial charge in [-0.05, 0) is 51.1 Å². The maximum atomic E-state index is 6.06. The summed E-state index contributed by atoms with van der Waals surface area (Å²) in [5.41, 5.74) is 0.910. The molecule has 0 heterocycles. The van der Waals surface area contributed by atoms with Crippen LogP contribution in [0.2, 0.25) is 5.02 Å². The van der Waals surface area contributed by atoms with Gasteiger partial charge >= 0.3 is 0 Å². The zero-order valence-corrected chi connectivity index (χ0v) is 11.2. The lowest BCUT2D eigenvalue weighted by Crippen LogP contribution is -2.38. The van der Waals surface area contributed by atoms with Gasteiger partial charge < -0.3 is 10.1 Å². The summed E-state index contributed by atoms with van der Waals surface area (Å²) in [6.45, 7) is 7.01. The zero-order chi connectivity index (χ0) is 12.2. The number of aryl methyl sites for hydroxylation is 1. The Morgan fingerprint density at radius 3 is 2.62 bits per heavy atom. The summed E-state index contributed by atoms with van der Waals surface area (Å²) >= 11 is 6.06. The van der Waals surface area contributed by atoms with Gasteiger partial charge in [0.15, 0.2) is 0 Å². The molecule has 1 N–H and O–H groups in total. The van der Waals surface area contributed by atoms with E-state index in [0.29, 0.717) is 0 Å². The van der Waals surface area contributed by atoms with Crippen molar-refractivity contribution in [1.29, 1.82) is 0 Å². The summed E-state index contributed by atoms with van der Waals surface area (Å²) in [5, 5.41) is 3.92. The number of ether oxygens (including phenoxy) is 1. The molecule has 0 aliphatic carbocycles. The highest BCUT2D eigenvalue weighted by atomic mass is 35.5. The molecule has 0 saturated heterocycles. The molecule has 0 fully saturated rings. The van der Waals surface area contributed by atoms with Crippen LogP contribution in [0.5, 0.6) is 5.75 Å². The lowest BCUT2D eigenvalue weighted by atomic mass is 10.1. The molecule has 3 heteroatoms. The van der Waals surface area contributed by atoms with E-state index in [1.807, 2.05) is 25.2 Å². The van der Waals surface area contributed by atoms with Crippen molar-refractivity contribution >= 4 is 11.6 Å². The highest BCUT2D eigenvalue weighted by molar-refractivity contribution is 6.31. The molecule has 0 aliphatic heterocycles. The van der Waals surface area contributed by atoms with Crippen molar-refractivity contribution in [3.05, 3.63) is 28.8 Å². The zero-order valence-electron chi connectivity index (χ0n) is 10.4. The third-order valence-corrected chi connectivity index (χ3v) is 2.76. The van der Waals surface area contributed by atoms with Crippen LogP contribution >= 0.6 is 11.6 Å². The van der Waals surface area contributed by atoms with E-state index in [1.54, 1.807) is 0 Å². The number of rotatable bonds is 5. The van der Waals surface area contributed by atoms with Crippen LogP contribution in [-0.2, 0) is 6.42 Å². The number of benzene rings is 1. The summed E-state index contributed by atoms with van der Waals surface area (Å²) in [6.07, 6.45) is 0.919. The van der Waals surface area contributed by atoms with Crippen LogP contribution in [0, 0.1) is 0 Å². The van der Waals surface area contributed by atoms with Gasteiger partial charge in [-0.2, -0.15) is 0 Å². The van der Waals surface area contributed by atoms with Gasteiger partial charge in [0.1, 0.15) is 11.4 Å². The number of halogens is 1. The van der Waals surface area contributed by atoms with E-state index in [4.69, 9.17) is 16.3 Å². The maximum Gasteiger partial charge on any atom is 0.120 e. The van der Waals surface area contributed by atoms with E-state index in [9.17, 15) is 0 Å². The number of likely N-dealkylation sites (N-methyl/N-ethyl adjacent to an activating group) is 1. The standard InChI is InChI=1S/C13H20ClNO/c1-5-10-8-11(6-7-12(10)14)16-13(2,3)9-15-4/h6-8,15H,5,9H2,1-4H3. The fourth-order valence-corrected chi connectivity index (χ4v) is 1.92. The van der Waals surface area contributed by atoms with E-state index in [-0.39, 0.29) is 5.60 Å². The summed E-state index contributed by atoms with van der Waals surface area (Å²) < 4.78 is 5.92. The Morgan fingerprint density at radius 2 is 2.06 bits per heavy atom. The minimum atomic E-state index is -0.215. The molecular weight excluding hydrogens is 222 g/mol. The highest BCUT2D eigenvalue weighted by Crippen LogP contribution is 2.25. The van der Waals surface area contributed by atoms with Gasteiger partial charge in [0.25, 0.3) is 0 Å². The molecule has 0 radical (unpaired) electrons. The number of hydrogen-bond acceptors (Lipinski definition) is 2. The highest BCUT2D eigenvalue weighted by Gasteiger charge is 2.18. The largest absolute Gasteiger partial charge is 0.487 e. The summed E-state index contributed by atoms with van der Waals surface area (Å²) in [6, 6.07) is 5.82. The predicted molar refractivity (Wildman–Crippen MR) is 69.5 cm³/mol. The van der Waals surface area contributed by atoms with Crippen molar-refractivity contribution in [1.82, 2.24) is 5.32 Å². The van der Waals surface area contributed by atoms with Crippen LogP contribution in [0.25, 0.3) is 0 Å². The van der Waals surface area contributed by atoms with Gasteiger partial charge in [-0.25, -0.2) is 0 Å². The molecule has 2 nitrogen and oxygen atoms in total. The summed E-state index contributed by atoms with van der Waals surface area (Å²) in [4.78, 5) is 0. The first kappa shape index (κ1) is 13.3. The molecule has 0 atom stereocenters. The van der Waals surface area contributed by atoms with Gasteiger partial charge in [-0.1, -0.05) is 18.5 Å². The Morgan fingerprint density at radius 1 is 1.38 bits per heavy atom. The van der Waals surface area contributed by atoms with Gasteiger partial charge in [0.2, 0.25) is 0 Å². The number of nitrogens with one attached hydrogen (secondary N) is 1. The lowest BCUT2D eigenvalue weighted by molar-refractivity contribution is 0.110. The molecule has 16 heavy (non-hydrogen) atoms. The van der Waals surface area contributed by atoms with Crippen LogP contribution < -0.4 is 10.1 Å². The SMILES string of the molecule is CCc1cc(OC(C)(C)CNC)ccc1Cl. The Bertz CT molecular complexity index is 350. The van der Waals surface area contributed by atoms with Crippen molar-refractivity contribution in [3.8, 4) is 5.75 Å². The van der Waals surface area contributed by atoms with Crippen LogP contribution in [-0.4, -0.2) is 19.2 Å². The molecule has 90 valence electrons. The minimum Gasteiger partial charge on any atom is -0.487 e. The topological polar surface area (TPSA) is 21.3 Å². The molecule has 0 spiro atoms. The van der Waals surface area contributed by atoms with Gasteiger partial charge in [0, 0.05) is 11.6 Å². The Labute approximate surface area is 103 Å². The van der Waals surface area contributed by atoms with Crippen molar-refractivity contribution < 1.29 is 4.74 Å². The molecule has 0 aromatic heterocycles. The first-order valence-electron chi connectivity index (χ1n) is 5.60. The summed E-state index contributed by atoms with van der Waals surface area (Å²) in [5.74, 6) is 0.876. The quantitative estimate of drug-likeness (QED) is 0.854. The van der Waals surface area contributed by atoms with Crippen molar-refractivity contribution in [3.63, 3.8) is 0 Å². The molecule has 1 rings (SSSR count). The lowest BCUT2D eigenvalue weighted by Gasteiger charge is -2.26. The first-order chi connectivity index (χ1) is 7.48. The Hall–Kier alpha value is -0.730. The first-order valence-corrected chi connectivity index (χ1v) is 5.98. The van der Waals surface area contributed by atoms with E-state index in [0.717, 1.165) is 29.3 Å². The smallest absolute Gasteiger partial charge is 0.120 e. The summed E-state index contributed by atoms with van der Waals surface area (Å²) in [7, 11) is 1.92. The van der Waals surface area contributed by atoms with Crippen LogP contribution in [0.4, 0.5) is 0 Å². The van der Waals surface area contributed by atoms with E-state index < -0.39 is 0 Å². The molecule has 0 aliphatic rings. The van der Waals surface area contributed by atoms with Crippen LogP contribution in [0.3, 0.4) is 0 Å². The van der Waals surface area contributed by atoms with Crippen LogP contribution in [0.15, 0.2) is 18.2 Å². The number of hydrogen-bond donors (Lipinski definition) is 1. The predicted octanol–water partition coefficient (Wildman–Crippen LogP) is 3.28. The monoisotopic (exact) mass is 241 g/mol. The van der Waals surface area contributed by atoms with Gasteiger partial charge in [-0.15, -0.1) is 0 Å². The third-order valence-electron chi connectivity index (χ3n) is 2.39. The second kappa shape index (κ2) is 5.55. The van der Waals surface area contributed by atoms with Crippen molar-refractivity contribution in [2.75, 3.05) is 13.6 Å². The maximum absolute atomic E-state index is 6.06. The second-order valence-electron chi connectivity index (χ2n) is 4.50. The Balaban J connectivity index is 2.81. The average Bonchev–Trinajstić information content (AvgIpc) is 2.20. The van der Waals surface area contributed by atoms with E-state index in [1.165, 1.54) is 0 Å². The average molecular weight is 242 g/mol. The van der Waals surface area contributed by atoms with E-state index >= 15 is 0 Å². The molecule has 1 aromatic carbocycles. The van der Waals surface area contributed by atoms with Crippen LogP contribution in [0.1, 0.15) is 26.3 Å². The molecular formula is C13H20ClNO.